The second-order valence-corrected chi connectivity index (χ2v) is 7.16. The van der Waals surface area contributed by atoms with Gasteiger partial charge in [-0.1, -0.05) is 20.8 Å². The highest BCUT2D eigenvalue weighted by molar-refractivity contribution is 7.99. The van der Waals surface area contributed by atoms with Gasteiger partial charge in [0.15, 0.2) is 0 Å². The Labute approximate surface area is 98.0 Å². The molecule has 15 heavy (non-hydrogen) atoms. The average Bonchev–Trinajstić information content (AvgIpc) is 2.45. The van der Waals surface area contributed by atoms with Crippen LogP contribution in [0.3, 0.4) is 0 Å². The Kier molecular flexibility index (Phi) is 3.34. The van der Waals surface area contributed by atoms with Crippen LogP contribution in [0.25, 0.3) is 0 Å². The van der Waals surface area contributed by atoms with Gasteiger partial charge in [-0.05, 0) is 23.5 Å². The molecule has 0 saturated carbocycles. The van der Waals surface area contributed by atoms with Gasteiger partial charge in [0.1, 0.15) is 0 Å². The molecule has 0 bridgehead atoms. The molecule has 0 aliphatic carbocycles. The molecule has 2 rings (SSSR count). The van der Waals surface area contributed by atoms with Gasteiger partial charge in [-0.15, -0.1) is 0 Å². The van der Waals surface area contributed by atoms with Crippen LogP contribution in [0.2, 0.25) is 0 Å². The first-order chi connectivity index (χ1) is 6.98. The highest BCUT2D eigenvalue weighted by Crippen LogP contribution is 2.36. The van der Waals surface area contributed by atoms with Crippen molar-refractivity contribution in [1.29, 1.82) is 0 Å². The Morgan fingerprint density at radius 3 is 2.60 bits per heavy atom. The molecule has 0 radical (unpaired) electrons. The number of thioether (sulfide) groups is 1. The van der Waals surface area contributed by atoms with Crippen molar-refractivity contribution in [2.24, 2.45) is 17.1 Å². The molecule has 2 aliphatic heterocycles. The first-order valence-electron chi connectivity index (χ1n) is 6.05. The number of hydrogen-bond donors (Lipinski definition) is 1. The molecule has 3 atom stereocenters. The lowest BCUT2D eigenvalue weighted by molar-refractivity contribution is 0.186. The van der Waals surface area contributed by atoms with Crippen LogP contribution in [0.15, 0.2) is 0 Å². The third-order valence-electron chi connectivity index (χ3n) is 3.81. The fourth-order valence-electron chi connectivity index (χ4n) is 2.79. The van der Waals surface area contributed by atoms with Crippen molar-refractivity contribution in [3.8, 4) is 0 Å². The van der Waals surface area contributed by atoms with E-state index in [1.807, 2.05) is 0 Å². The SMILES string of the molecule is CC1CN(C2CSCC(C)(C)C2)CC1N. The van der Waals surface area contributed by atoms with Crippen molar-refractivity contribution < 1.29 is 0 Å². The second kappa shape index (κ2) is 4.27. The summed E-state index contributed by atoms with van der Waals surface area (Å²) in [5.41, 5.74) is 6.61. The summed E-state index contributed by atoms with van der Waals surface area (Å²) in [5, 5.41) is 0. The lowest BCUT2D eigenvalue weighted by Gasteiger charge is -2.39. The van der Waals surface area contributed by atoms with E-state index in [9.17, 15) is 0 Å². The predicted molar refractivity (Wildman–Crippen MR) is 68.2 cm³/mol. The summed E-state index contributed by atoms with van der Waals surface area (Å²) >= 11 is 2.12. The molecule has 2 heterocycles. The van der Waals surface area contributed by atoms with Gasteiger partial charge >= 0.3 is 0 Å². The quantitative estimate of drug-likeness (QED) is 0.742. The molecule has 0 aromatic carbocycles. The van der Waals surface area contributed by atoms with E-state index in [1.54, 1.807) is 0 Å². The van der Waals surface area contributed by atoms with E-state index in [1.165, 1.54) is 24.5 Å². The van der Waals surface area contributed by atoms with E-state index in [4.69, 9.17) is 5.73 Å². The normalized spacial score (nSPS) is 42.0. The van der Waals surface area contributed by atoms with Crippen molar-refractivity contribution in [3.05, 3.63) is 0 Å². The summed E-state index contributed by atoms with van der Waals surface area (Å²) in [6, 6.07) is 1.18. The van der Waals surface area contributed by atoms with Crippen LogP contribution in [0.4, 0.5) is 0 Å². The molecule has 3 heteroatoms. The highest BCUT2D eigenvalue weighted by Gasteiger charge is 2.36. The van der Waals surface area contributed by atoms with Gasteiger partial charge in [0.05, 0.1) is 0 Å². The number of nitrogens with zero attached hydrogens (tertiary/aromatic N) is 1. The van der Waals surface area contributed by atoms with E-state index in [0.29, 0.717) is 17.4 Å². The molecule has 0 aromatic rings. The summed E-state index contributed by atoms with van der Waals surface area (Å²) in [6.45, 7) is 9.40. The van der Waals surface area contributed by atoms with Crippen LogP contribution < -0.4 is 5.73 Å². The van der Waals surface area contributed by atoms with Crippen LogP contribution >= 0.6 is 11.8 Å². The predicted octanol–water partition coefficient (Wildman–Crippen LogP) is 1.80. The maximum Gasteiger partial charge on any atom is 0.0206 e. The molecule has 2 nitrogen and oxygen atoms in total. The molecule has 0 amide bonds. The zero-order chi connectivity index (χ0) is 11.1. The molecule has 0 aromatic heterocycles. The van der Waals surface area contributed by atoms with Gasteiger partial charge < -0.3 is 5.73 Å². The average molecular weight is 228 g/mol. The largest absolute Gasteiger partial charge is 0.326 e. The third kappa shape index (κ3) is 2.69. The Hall–Kier alpha value is 0.270. The van der Waals surface area contributed by atoms with Crippen molar-refractivity contribution in [3.63, 3.8) is 0 Å². The van der Waals surface area contributed by atoms with Gasteiger partial charge in [0.25, 0.3) is 0 Å². The zero-order valence-electron chi connectivity index (χ0n) is 10.2. The third-order valence-corrected chi connectivity index (χ3v) is 5.41. The molecule has 2 N–H and O–H groups in total. The number of likely N-dealkylation sites (tertiary alicyclic amines) is 1. The highest BCUT2D eigenvalue weighted by atomic mass is 32.2. The van der Waals surface area contributed by atoms with Gasteiger partial charge in [-0.25, -0.2) is 0 Å². The Morgan fingerprint density at radius 1 is 1.33 bits per heavy atom. The monoisotopic (exact) mass is 228 g/mol. The van der Waals surface area contributed by atoms with Crippen LogP contribution in [0.5, 0.6) is 0 Å². The molecule has 2 aliphatic rings. The zero-order valence-corrected chi connectivity index (χ0v) is 11.0. The fourth-order valence-corrected chi connectivity index (χ4v) is 4.18. The summed E-state index contributed by atoms with van der Waals surface area (Å²) in [7, 11) is 0. The molecule has 2 fully saturated rings. The van der Waals surface area contributed by atoms with Gasteiger partial charge in [0.2, 0.25) is 0 Å². The first kappa shape index (κ1) is 11.7. The van der Waals surface area contributed by atoms with E-state index in [2.05, 4.69) is 37.4 Å². The summed E-state index contributed by atoms with van der Waals surface area (Å²) in [4.78, 5) is 2.63. The van der Waals surface area contributed by atoms with Crippen molar-refractivity contribution in [1.82, 2.24) is 4.90 Å². The molecule has 0 spiro atoms. The van der Waals surface area contributed by atoms with Crippen molar-refractivity contribution in [2.75, 3.05) is 24.6 Å². The van der Waals surface area contributed by atoms with Crippen LogP contribution in [-0.4, -0.2) is 41.6 Å². The molecular weight excluding hydrogens is 204 g/mol. The summed E-state index contributed by atoms with van der Waals surface area (Å²) < 4.78 is 0. The van der Waals surface area contributed by atoms with Crippen molar-refractivity contribution in [2.45, 2.75) is 39.3 Å². The van der Waals surface area contributed by atoms with Crippen LogP contribution in [0.1, 0.15) is 27.2 Å². The lowest BCUT2D eigenvalue weighted by Crippen LogP contribution is -2.43. The van der Waals surface area contributed by atoms with E-state index in [-0.39, 0.29) is 0 Å². The van der Waals surface area contributed by atoms with Crippen LogP contribution in [-0.2, 0) is 0 Å². The summed E-state index contributed by atoms with van der Waals surface area (Å²) in [6.07, 6.45) is 1.35. The van der Waals surface area contributed by atoms with Gasteiger partial charge in [-0.2, -0.15) is 11.8 Å². The number of hydrogen-bond acceptors (Lipinski definition) is 3. The van der Waals surface area contributed by atoms with E-state index < -0.39 is 0 Å². The molecule has 3 unspecified atom stereocenters. The van der Waals surface area contributed by atoms with E-state index in [0.717, 1.165) is 12.6 Å². The van der Waals surface area contributed by atoms with Gasteiger partial charge in [-0.3, -0.25) is 4.90 Å². The number of nitrogens with two attached hydrogens (primary N) is 1. The van der Waals surface area contributed by atoms with Crippen molar-refractivity contribution >= 4 is 11.8 Å². The number of rotatable bonds is 1. The maximum absolute atomic E-state index is 6.09. The molecular formula is C12H24N2S. The summed E-state index contributed by atoms with van der Waals surface area (Å²) in [5.74, 6) is 3.31. The standard InChI is InChI=1S/C12H24N2S/c1-9-5-14(6-11(9)13)10-4-12(2,3)8-15-7-10/h9-11H,4-8,13H2,1-3H3. The minimum atomic E-state index is 0.403. The molecule has 88 valence electrons. The van der Waals surface area contributed by atoms with Crippen LogP contribution in [0, 0.1) is 11.3 Å². The second-order valence-electron chi connectivity index (χ2n) is 6.13. The topological polar surface area (TPSA) is 29.3 Å². The van der Waals surface area contributed by atoms with E-state index >= 15 is 0 Å². The Bertz CT molecular complexity index is 220. The fraction of sp³-hybridized carbons (Fsp3) is 1.00. The smallest absolute Gasteiger partial charge is 0.0206 e. The lowest BCUT2D eigenvalue weighted by atomic mass is 9.87. The first-order valence-corrected chi connectivity index (χ1v) is 7.21. The Morgan fingerprint density at radius 2 is 2.07 bits per heavy atom. The minimum absolute atomic E-state index is 0.403. The maximum atomic E-state index is 6.09. The molecule has 2 saturated heterocycles. The Balaban J connectivity index is 1.94. The minimum Gasteiger partial charge on any atom is -0.326 e. The van der Waals surface area contributed by atoms with Gasteiger partial charge in [0, 0.05) is 30.9 Å².